The van der Waals surface area contributed by atoms with Crippen molar-refractivity contribution in [1.29, 1.82) is 0 Å². The molecule has 0 bridgehead atoms. The highest BCUT2D eigenvalue weighted by atomic mass is 16.6. The summed E-state index contributed by atoms with van der Waals surface area (Å²) in [6, 6.07) is 8.04. The monoisotopic (exact) mass is 310 g/mol. The van der Waals surface area contributed by atoms with Crippen molar-refractivity contribution in [2.75, 3.05) is 0 Å². The number of rotatable bonds is 3. The number of benzene rings is 2. The number of nitro benzene ring substituents is 2. The highest BCUT2D eigenvalue weighted by Gasteiger charge is 2.19. The molecule has 0 atom stereocenters. The SMILES string of the molecule is [N-]=[N+]=Nc1c2ccc([N+](=O)[O-])cc2nc2cccc([N+](=O)[O-])c12. The van der Waals surface area contributed by atoms with Gasteiger partial charge in [-0.05, 0) is 17.7 Å². The molecule has 0 spiro atoms. The lowest BCUT2D eigenvalue weighted by Crippen LogP contribution is -1.93. The number of nitro groups is 2. The number of non-ortho nitro benzene ring substituents is 2. The lowest BCUT2D eigenvalue weighted by molar-refractivity contribution is -0.384. The van der Waals surface area contributed by atoms with Gasteiger partial charge in [0.05, 0.1) is 32.0 Å². The van der Waals surface area contributed by atoms with Gasteiger partial charge in [-0.2, -0.15) is 0 Å². The van der Waals surface area contributed by atoms with Crippen molar-refractivity contribution in [3.05, 3.63) is 67.1 Å². The van der Waals surface area contributed by atoms with E-state index in [1.165, 1.54) is 36.4 Å². The van der Waals surface area contributed by atoms with Gasteiger partial charge in [-0.3, -0.25) is 20.2 Å². The first-order chi connectivity index (χ1) is 11.0. The zero-order valence-electron chi connectivity index (χ0n) is 11.3. The van der Waals surface area contributed by atoms with E-state index in [0.717, 1.165) is 0 Å². The van der Waals surface area contributed by atoms with E-state index in [9.17, 15) is 20.2 Å². The number of aromatic nitrogens is 1. The normalized spacial score (nSPS) is 10.4. The predicted octanol–water partition coefficient (Wildman–Crippen LogP) is 4.15. The number of azide groups is 1. The largest absolute Gasteiger partial charge is 0.279 e. The minimum absolute atomic E-state index is 0.0229. The summed E-state index contributed by atoms with van der Waals surface area (Å²) in [6.07, 6.45) is 0. The first-order valence-corrected chi connectivity index (χ1v) is 6.23. The summed E-state index contributed by atoms with van der Waals surface area (Å²) in [7, 11) is 0. The Hall–Kier alpha value is -3.78. The molecule has 10 nitrogen and oxygen atoms in total. The lowest BCUT2D eigenvalue weighted by Gasteiger charge is -2.07. The highest BCUT2D eigenvalue weighted by molar-refractivity contribution is 6.10. The van der Waals surface area contributed by atoms with E-state index in [-0.39, 0.29) is 33.5 Å². The molecule has 0 fully saturated rings. The molecule has 0 amide bonds. The fraction of sp³-hybridized carbons (Fsp3) is 0. The molecule has 0 aliphatic heterocycles. The molecule has 1 aromatic heterocycles. The van der Waals surface area contributed by atoms with Gasteiger partial charge in [-0.25, -0.2) is 4.98 Å². The molecule has 0 aliphatic carbocycles. The molecule has 0 radical (unpaired) electrons. The first kappa shape index (κ1) is 14.2. The van der Waals surface area contributed by atoms with E-state index in [0.29, 0.717) is 5.39 Å². The Morgan fingerprint density at radius 1 is 1.09 bits per heavy atom. The van der Waals surface area contributed by atoms with Crippen molar-refractivity contribution in [3.63, 3.8) is 0 Å². The summed E-state index contributed by atoms with van der Waals surface area (Å²) in [6.45, 7) is 0. The second kappa shape index (κ2) is 5.20. The van der Waals surface area contributed by atoms with Crippen molar-refractivity contribution >= 4 is 38.9 Å². The summed E-state index contributed by atoms with van der Waals surface area (Å²) >= 11 is 0. The maximum Gasteiger partial charge on any atom is 0.279 e. The summed E-state index contributed by atoms with van der Waals surface area (Å²) < 4.78 is 0. The molecule has 0 saturated heterocycles. The Labute approximate surface area is 126 Å². The molecule has 10 heteroatoms. The lowest BCUT2D eigenvalue weighted by atomic mass is 10.1. The van der Waals surface area contributed by atoms with Crippen LogP contribution in [0.15, 0.2) is 41.5 Å². The maximum absolute atomic E-state index is 11.2. The van der Waals surface area contributed by atoms with Crippen LogP contribution in [-0.4, -0.2) is 14.8 Å². The minimum Gasteiger partial charge on any atom is -0.258 e. The van der Waals surface area contributed by atoms with Crippen LogP contribution < -0.4 is 0 Å². The molecule has 1 heterocycles. The van der Waals surface area contributed by atoms with E-state index < -0.39 is 9.85 Å². The van der Waals surface area contributed by atoms with Crippen LogP contribution >= 0.6 is 0 Å². The van der Waals surface area contributed by atoms with Crippen molar-refractivity contribution in [2.45, 2.75) is 0 Å². The van der Waals surface area contributed by atoms with Gasteiger partial charge < -0.3 is 0 Å². The van der Waals surface area contributed by atoms with Crippen LogP contribution in [0.25, 0.3) is 32.2 Å². The van der Waals surface area contributed by atoms with Gasteiger partial charge in [0, 0.05) is 28.5 Å². The zero-order chi connectivity index (χ0) is 16.6. The zero-order valence-corrected chi connectivity index (χ0v) is 11.3. The molecule has 23 heavy (non-hydrogen) atoms. The standard InChI is InChI=1S/C13H6N6O4/c14-17-16-13-8-5-4-7(18(20)21)6-10(8)15-9-2-1-3-11(12(9)13)19(22)23/h1-6H. The van der Waals surface area contributed by atoms with E-state index in [1.54, 1.807) is 0 Å². The molecule has 3 aromatic rings. The third kappa shape index (κ3) is 2.24. The van der Waals surface area contributed by atoms with Gasteiger partial charge in [-0.15, -0.1) is 0 Å². The molecule has 0 saturated carbocycles. The molecule has 0 unspecified atom stereocenters. The Morgan fingerprint density at radius 3 is 2.52 bits per heavy atom. The van der Waals surface area contributed by atoms with Gasteiger partial charge in [0.15, 0.2) is 0 Å². The number of fused-ring (bicyclic) bond motifs is 2. The van der Waals surface area contributed by atoms with Gasteiger partial charge in [0.25, 0.3) is 11.4 Å². The Balaban J connectivity index is 2.54. The summed E-state index contributed by atoms with van der Waals surface area (Å²) in [4.78, 5) is 27.8. The second-order valence-electron chi connectivity index (χ2n) is 4.54. The van der Waals surface area contributed by atoms with Gasteiger partial charge in [0.2, 0.25) is 0 Å². The van der Waals surface area contributed by atoms with Crippen LogP contribution in [0.5, 0.6) is 0 Å². The van der Waals surface area contributed by atoms with Gasteiger partial charge in [0.1, 0.15) is 0 Å². The fourth-order valence-electron chi connectivity index (χ4n) is 2.36. The molecule has 0 N–H and O–H groups in total. The number of hydrogen-bond donors (Lipinski definition) is 0. The minimum atomic E-state index is -0.600. The van der Waals surface area contributed by atoms with Crippen molar-refractivity contribution in [2.24, 2.45) is 5.11 Å². The Morgan fingerprint density at radius 2 is 1.87 bits per heavy atom. The van der Waals surface area contributed by atoms with E-state index in [1.807, 2.05) is 0 Å². The average Bonchev–Trinajstić information content (AvgIpc) is 2.53. The van der Waals surface area contributed by atoms with Crippen LogP contribution in [0, 0.1) is 20.2 Å². The smallest absolute Gasteiger partial charge is 0.258 e. The van der Waals surface area contributed by atoms with Crippen LogP contribution in [0.1, 0.15) is 0 Å². The average molecular weight is 310 g/mol. The third-order valence-corrected chi connectivity index (χ3v) is 3.29. The molecular formula is C13H6N6O4. The number of pyridine rings is 1. The van der Waals surface area contributed by atoms with Gasteiger partial charge >= 0.3 is 0 Å². The fourth-order valence-corrected chi connectivity index (χ4v) is 2.36. The summed E-state index contributed by atoms with van der Waals surface area (Å²) in [5.74, 6) is 0. The highest BCUT2D eigenvalue weighted by Crippen LogP contribution is 2.39. The van der Waals surface area contributed by atoms with Crippen molar-refractivity contribution in [3.8, 4) is 0 Å². The topological polar surface area (TPSA) is 148 Å². The third-order valence-electron chi connectivity index (χ3n) is 3.29. The van der Waals surface area contributed by atoms with Crippen LogP contribution in [-0.2, 0) is 0 Å². The molecule has 112 valence electrons. The number of nitrogens with zero attached hydrogens (tertiary/aromatic N) is 6. The summed E-state index contributed by atoms with van der Waals surface area (Å²) in [5, 5.41) is 26.0. The molecule has 2 aromatic carbocycles. The van der Waals surface area contributed by atoms with Crippen molar-refractivity contribution in [1.82, 2.24) is 4.98 Å². The Bertz CT molecular complexity index is 1040. The number of hydrogen-bond acceptors (Lipinski definition) is 6. The predicted molar refractivity (Wildman–Crippen MR) is 81.4 cm³/mol. The molecular weight excluding hydrogens is 304 g/mol. The van der Waals surface area contributed by atoms with Gasteiger partial charge in [-0.1, -0.05) is 11.2 Å². The maximum atomic E-state index is 11.2. The van der Waals surface area contributed by atoms with Crippen molar-refractivity contribution < 1.29 is 9.85 Å². The van der Waals surface area contributed by atoms with E-state index in [4.69, 9.17) is 5.53 Å². The van der Waals surface area contributed by atoms with E-state index >= 15 is 0 Å². The second-order valence-corrected chi connectivity index (χ2v) is 4.54. The van der Waals surface area contributed by atoms with Crippen LogP contribution in [0.2, 0.25) is 0 Å². The molecule has 0 aliphatic rings. The van der Waals surface area contributed by atoms with E-state index in [2.05, 4.69) is 15.0 Å². The summed E-state index contributed by atoms with van der Waals surface area (Å²) in [5.41, 5.74) is 8.80. The molecule has 3 rings (SSSR count). The Kier molecular flexibility index (Phi) is 3.21. The quantitative estimate of drug-likeness (QED) is 0.178. The van der Waals surface area contributed by atoms with Crippen LogP contribution in [0.4, 0.5) is 17.1 Å². The first-order valence-electron chi connectivity index (χ1n) is 6.23. The van der Waals surface area contributed by atoms with Crippen LogP contribution in [0.3, 0.4) is 0 Å².